The fourth-order valence-corrected chi connectivity index (χ4v) is 2.97. The Bertz CT molecular complexity index is 1240. The van der Waals surface area contributed by atoms with Crippen molar-refractivity contribution in [3.05, 3.63) is 120 Å². The van der Waals surface area contributed by atoms with Gasteiger partial charge in [0, 0.05) is 53.1 Å². The molecule has 0 atom stereocenters. The maximum Gasteiger partial charge on any atom is 0.270 e. The second kappa shape index (κ2) is 9.95. The molecule has 13 heteroatoms. The smallest absolute Gasteiger partial charge is 0.270 e. The number of hydrogen-bond donors (Lipinski definition) is 2. The largest absolute Gasteiger partial charge is 0.328 e. The zero-order valence-electron chi connectivity index (χ0n) is 17.1. The van der Waals surface area contributed by atoms with E-state index in [2.05, 4.69) is 10.6 Å². The molecule has 0 unspecified atom stereocenters. The summed E-state index contributed by atoms with van der Waals surface area (Å²) >= 11 is 0. The second-order valence-electron chi connectivity index (χ2n) is 6.85. The number of benzene rings is 3. The summed E-state index contributed by atoms with van der Waals surface area (Å²) in [6.07, 6.45) is -1.31. The van der Waals surface area contributed by atoms with E-state index >= 15 is 0 Å². The Kier molecular flexibility index (Phi) is 6.87. The van der Waals surface area contributed by atoms with E-state index in [4.69, 9.17) is 0 Å². The van der Waals surface area contributed by atoms with E-state index < -0.39 is 32.8 Å². The first kappa shape index (κ1) is 23.5. The minimum absolute atomic E-state index is 0.0887. The highest BCUT2D eigenvalue weighted by molar-refractivity contribution is 5.97. The molecule has 13 nitrogen and oxygen atoms in total. The molecule has 0 radical (unpaired) electrons. The molecular weight excluding hydrogens is 450 g/mol. The maximum atomic E-state index is 12.8. The Balaban J connectivity index is 1.94. The Hall–Kier alpha value is -5.20. The van der Waals surface area contributed by atoms with E-state index in [9.17, 15) is 39.9 Å². The molecule has 172 valence electrons. The average Bonchev–Trinajstić information content (AvgIpc) is 2.83. The molecule has 2 N–H and O–H groups in total. The van der Waals surface area contributed by atoms with Crippen molar-refractivity contribution in [2.75, 3.05) is 0 Å². The zero-order chi connectivity index (χ0) is 24.8. The summed E-state index contributed by atoms with van der Waals surface area (Å²) in [4.78, 5) is 56.7. The van der Waals surface area contributed by atoms with Crippen molar-refractivity contribution >= 4 is 28.9 Å². The molecule has 0 heterocycles. The van der Waals surface area contributed by atoms with Crippen molar-refractivity contribution in [2.45, 2.75) is 6.17 Å². The van der Waals surface area contributed by atoms with Gasteiger partial charge in [0.2, 0.25) is 0 Å². The molecule has 0 spiro atoms. The highest BCUT2D eigenvalue weighted by atomic mass is 16.6. The topological polar surface area (TPSA) is 188 Å². The molecule has 3 aromatic rings. The monoisotopic (exact) mass is 465 g/mol. The van der Waals surface area contributed by atoms with Crippen molar-refractivity contribution < 1.29 is 24.4 Å². The molecule has 0 fully saturated rings. The third-order valence-electron chi connectivity index (χ3n) is 4.60. The van der Waals surface area contributed by atoms with Gasteiger partial charge in [-0.2, -0.15) is 0 Å². The van der Waals surface area contributed by atoms with Gasteiger partial charge in [-0.15, -0.1) is 0 Å². The molecule has 0 aliphatic rings. The number of carbonyl (C=O) groups is 2. The molecular formula is C21H15N5O8. The van der Waals surface area contributed by atoms with Crippen LogP contribution in [0.2, 0.25) is 0 Å². The Morgan fingerprint density at radius 1 is 0.618 bits per heavy atom. The highest BCUT2D eigenvalue weighted by Crippen LogP contribution is 2.21. The van der Waals surface area contributed by atoms with Crippen LogP contribution in [0, 0.1) is 30.3 Å². The van der Waals surface area contributed by atoms with Gasteiger partial charge in [0.1, 0.15) is 6.17 Å². The summed E-state index contributed by atoms with van der Waals surface area (Å²) in [5, 5.41) is 38.1. The van der Waals surface area contributed by atoms with Crippen LogP contribution in [0.5, 0.6) is 0 Å². The Morgan fingerprint density at radius 3 is 1.41 bits per heavy atom. The summed E-state index contributed by atoms with van der Waals surface area (Å²) in [6, 6.07) is 14.8. The van der Waals surface area contributed by atoms with Crippen molar-refractivity contribution in [1.82, 2.24) is 10.6 Å². The number of hydrogen-bond acceptors (Lipinski definition) is 8. The van der Waals surface area contributed by atoms with Crippen LogP contribution in [0.25, 0.3) is 0 Å². The van der Waals surface area contributed by atoms with Crippen molar-refractivity contribution in [3.63, 3.8) is 0 Å². The summed E-state index contributed by atoms with van der Waals surface area (Å²) in [5.74, 6) is -1.61. The fraction of sp³-hybridized carbons (Fsp3) is 0.0476. The predicted octanol–water partition coefficient (Wildman–Crippen LogP) is 3.27. The van der Waals surface area contributed by atoms with Gasteiger partial charge in [0.05, 0.1) is 14.8 Å². The molecule has 0 aromatic heterocycles. The lowest BCUT2D eigenvalue weighted by Gasteiger charge is -2.21. The van der Waals surface area contributed by atoms with Crippen LogP contribution in [0.4, 0.5) is 17.1 Å². The van der Waals surface area contributed by atoms with Crippen LogP contribution in [0.3, 0.4) is 0 Å². The Labute approximate surface area is 190 Å². The van der Waals surface area contributed by atoms with Crippen molar-refractivity contribution in [3.8, 4) is 0 Å². The lowest BCUT2D eigenvalue weighted by molar-refractivity contribution is -0.385. The highest BCUT2D eigenvalue weighted by Gasteiger charge is 2.22. The summed E-state index contributed by atoms with van der Waals surface area (Å²) in [5.41, 5.74) is -1.02. The first-order valence-electron chi connectivity index (χ1n) is 9.50. The predicted molar refractivity (Wildman–Crippen MR) is 117 cm³/mol. The molecule has 0 aliphatic carbocycles. The normalized spacial score (nSPS) is 10.4. The van der Waals surface area contributed by atoms with E-state index in [-0.39, 0.29) is 33.8 Å². The average molecular weight is 465 g/mol. The van der Waals surface area contributed by atoms with Crippen LogP contribution in [0.1, 0.15) is 32.4 Å². The molecule has 0 aliphatic heterocycles. The van der Waals surface area contributed by atoms with Crippen LogP contribution in [-0.2, 0) is 0 Å². The van der Waals surface area contributed by atoms with E-state index in [1.54, 1.807) is 0 Å². The molecule has 0 saturated heterocycles. The number of nitrogens with one attached hydrogen (secondary N) is 2. The van der Waals surface area contributed by atoms with Crippen LogP contribution in [-0.4, -0.2) is 26.6 Å². The third kappa shape index (κ3) is 5.53. The van der Waals surface area contributed by atoms with Gasteiger partial charge in [-0.3, -0.25) is 39.9 Å². The number of non-ortho nitro benzene ring substituents is 3. The molecule has 34 heavy (non-hydrogen) atoms. The minimum Gasteiger partial charge on any atom is -0.328 e. The van der Waals surface area contributed by atoms with Crippen LogP contribution in [0.15, 0.2) is 72.8 Å². The van der Waals surface area contributed by atoms with Crippen molar-refractivity contribution in [1.29, 1.82) is 0 Å². The number of amides is 2. The molecule has 0 bridgehead atoms. The van der Waals surface area contributed by atoms with Crippen LogP contribution >= 0.6 is 0 Å². The maximum absolute atomic E-state index is 12.8. The van der Waals surface area contributed by atoms with Gasteiger partial charge in [0.15, 0.2) is 0 Å². The van der Waals surface area contributed by atoms with Gasteiger partial charge >= 0.3 is 0 Å². The van der Waals surface area contributed by atoms with Gasteiger partial charge in [-0.25, -0.2) is 0 Å². The molecule has 0 saturated carbocycles. The standard InChI is InChI=1S/C21H15N5O8/c27-20(14-5-2-8-17(11-14)25(31)32)22-19(13-4-1-7-16(10-13)24(29)30)23-21(28)15-6-3-9-18(12-15)26(33)34/h1-12,19H,(H,22,27)(H,23,28). The molecule has 3 aromatic carbocycles. The first-order valence-corrected chi connectivity index (χ1v) is 9.50. The number of rotatable bonds is 8. The van der Waals surface area contributed by atoms with Crippen molar-refractivity contribution in [2.24, 2.45) is 0 Å². The Morgan fingerprint density at radius 2 is 1.00 bits per heavy atom. The third-order valence-corrected chi connectivity index (χ3v) is 4.60. The van der Waals surface area contributed by atoms with Gasteiger partial charge in [-0.05, 0) is 12.1 Å². The summed E-state index contributed by atoms with van der Waals surface area (Å²) in [7, 11) is 0. The minimum atomic E-state index is -1.31. The van der Waals surface area contributed by atoms with E-state index in [0.29, 0.717) is 0 Å². The molecule has 2 amide bonds. The zero-order valence-corrected chi connectivity index (χ0v) is 17.1. The lowest BCUT2D eigenvalue weighted by Crippen LogP contribution is -2.41. The van der Waals surface area contributed by atoms with Gasteiger partial charge in [0.25, 0.3) is 28.9 Å². The first-order chi connectivity index (χ1) is 16.2. The van der Waals surface area contributed by atoms with Crippen LogP contribution < -0.4 is 10.6 Å². The van der Waals surface area contributed by atoms with E-state index in [1.165, 1.54) is 54.6 Å². The number of carbonyl (C=O) groups excluding carboxylic acids is 2. The number of nitro benzene ring substituents is 3. The summed E-state index contributed by atoms with van der Waals surface area (Å²) in [6.45, 7) is 0. The second-order valence-corrected chi connectivity index (χ2v) is 6.85. The fourth-order valence-electron chi connectivity index (χ4n) is 2.97. The molecule has 3 rings (SSSR count). The number of nitro groups is 3. The van der Waals surface area contributed by atoms with Gasteiger partial charge in [-0.1, -0.05) is 24.3 Å². The SMILES string of the molecule is O=C(NC(NC(=O)c1cccc([N+](=O)[O-])c1)c1cccc([N+](=O)[O-])c1)c1cccc([N+](=O)[O-])c1. The summed E-state index contributed by atoms with van der Waals surface area (Å²) < 4.78 is 0. The van der Waals surface area contributed by atoms with E-state index in [0.717, 1.165) is 18.2 Å². The van der Waals surface area contributed by atoms with Gasteiger partial charge < -0.3 is 10.6 Å². The van der Waals surface area contributed by atoms with E-state index in [1.807, 2.05) is 0 Å². The number of nitrogens with zero attached hydrogens (tertiary/aromatic N) is 3. The lowest BCUT2D eigenvalue weighted by atomic mass is 10.1. The quantitative estimate of drug-likeness (QED) is 0.288.